The van der Waals surface area contributed by atoms with E-state index >= 15 is 0 Å². The lowest BCUT2D eigenvalue weighted by atomic mass is 10.2. The highest BCUT2D eigenvalue weighted by molar-refractivity contribution is 7.91. The summed E-state index contributed by atoms with van der Waals surface area (Å²) in [5.41, 5.74) is 0.108. The summed E-state index contributed by atoms with van der Waals surface area (Å²) in [6, 6.07) is 2.84. The fourth-order valence-corrected chi connectivity index (χ4v) is 3.59. The van der Waals surface area contributed by atoms with Crippen molar-refractivity contribution in [1.82, 2.24) is 4.98 Å². The second-order valence-corrected chi connectivity index (χ2v) is 6.56. The van der Waals surface area contributed by atoms with Crippen molar-refractivity contribution in [3.05, 3.63) is 23.9 Å². The molecular weight excluding hydrogens is 256 g/mol. The molecule has 0 radical (unpaired) electrons. The van der Waals surface area contributed by atoms with Gasteiger partial charge in [0, 0.05) is 12.2 Å². The summed E-state index contributed by atoms with van der Waals surface area (Å²) < 4.78 is 22.9. The topological polar surface area (TPSA) is 96.4 Å². The Morgan fingerprint density at radius 2 is 2.22 bits per heavy atom. The number of hydrogen-bond acceptors (Lipinski definition) is 5. The van der Waals surface area contributed by atoms with Crippen LogP contribution >= 0.6 is 0 Å². The molecule has 7 heteroatoms. The number of hydrogen-bond donors (Lipinski definition) is 2. The lowest BCUT2D eigenvalue weighted by Crippen LogP contribution is -2.35. The molecule has 1 saturated heterocycles. The van der Waals surface area contributed by atoms with Gasteiger partial charge < -0.3 is 10.4 Å². The van der Waals surface area contributed by atoms with E-state index in [0.29, 0.717) is 12.2 Å². The Labute approximate surface area is 105 Å². The van der Waals surface area contributed by atoms with Gasteiger partial charge in [-0.3, -0.25) is 0 Å². The number of aromatic carboxylic acids is 1. The third-order valence-corrected chi connectivity index (χ3v) is 4.65. The molecule has 0 amide bonds. The van der Waals surface area contributed by atoms with Crippen LogP contribution in [0.25, 0.3) is 0 Å². The molecule has 2 N–H and O–H groups in total. The zero-order valence-electron chi connectivity index (χ0n) is 9.67. The van der Waals surface area contributed by atoms with E-state index in [1.807, 2.05) is 0 Å². The van der Waals surface area contributed by atoms with Gasteiger partial charge in [-0.2, -0.15) is 0 Å². The van der Waals surface area contributed by atoms with Gasteiger partial charge in [0.15, 0.2) is 9.84 Å². The molecule has 1 unspecified atom stereocenters. The van der Waals surface area contributed by atoms with Crippen LogP contribution in [0.3, 0.4) is 0 Å². The van der Waals surface area contributed by atoms with E-state index in [9.17, 15) is 13.2 Å². The minimum Gasteiger partial charge on any atom is -0.478 e. The second kappa shape index (κ2) is 4.93. The summed E-state index contributed by atoms with van der Waals surface area (Å²) in [5, 5.41) is 11.7. The molecule has 0 aromatic carbocycles. The summed E-state index contributed by atoms with van der Waals surface area (Å²) in [4.78, 5) is 14.6. The third-order valence-electron chi connectivity index (χ3n) is 2.83. The molecule has 2 rings (SSSR count). The van der Waals surface area contributed by atoms with Crippen molar-refractivity contribution in [2.75, 3.05) is 16.8 Å². The van der Waals surface area contributed by atoms with E-state index in [4.69, 9.17) is 5.11 Å². The average molecular weight is 270 g/mol. The Morgan fingerprint density at radius 1 is 1.44 bits per heavy atom. The number of nitrogens with one attached hydrogen (secondary N) is 1. The van der Waals surface area contributed by atoms with Gasteiger partial charge in [0.1, 0.15) is 5.82 Å². The number of aromatic nitrogens is 1. The second-order valence-electron chi connectivity index (χ2n) is 4.34. The number of pyridine rings is 1. The van der Waals surface area contributed by atoms with Gasteiger partial charge in [-0.05, 0) is 25.0 Å². The summed E-state index contributed by atoms with van der Waals surface area (Å²) in [5.74, 6) is -0.178. The highest BCUT2D eigenvalue weighted by Crippen LogP contribution is 2.16. The van der Waals surface area contributed by atoms with E-state index < -0.39 is 15.8 Å². The Balaban J connectivity index is 2.03. The van der Waals surface area contributed by atoms with Gasteiger partial charge in [-0.15, -0.1) is 0 Å². The Bertz CT molecular complexity index is 539. The lowest BCUT2D eigenvalue weighted by molar-refractivity contribution is 0.0696. The molecule has 6 nitrogen and oxygen atoms in total. The molecule has 1 atom stereocenters. The molecule has 0 saturated carbocycles. The minimum atomic E-state index is -2.96. The normalized spacial score (nSPS) is 22.3. The number of carbonyl (C=O) groups is 1. The molecule has 98 valence electrons. The smallest absolute Gasteiger partial charge is 0.337 e. The SMILES string of the molecule is O=C(O)c1ccc(NC2CCCS(=O)(=O)C2)nc1. The van der Waals surface area contributed by atoms with Crippen molar-refractivity contribution >= 4 is 21.6 Å². The van der Waals surface area contributed by atoms with Crippen LogP contribution in [0.5, 0.6) is 0 Å². The Hall–Kier alpha value is -1.63. The first-order chi connectivity index (χ1) is 8.46. The molecule has 1 aromatic rings. The van der Waals surface area contributed by atoms with Crippen molar-refractivity contribution in [3.63, 3.8) is 0 Å². The average Bonchev–Trinajstić information content (AvgIpc) is 2.28. The summed E-state index contributed by atoms with van der Waals surface area (Å²) in [6.07, 6.45) is 2.68. The molecule has 1 aliphatic rings. The highest BCUT2D eigenvalue weighted by Gasteiger charge is 2.24. The van der Waals surface area contributed by atoms with Gasteiger partial charge >= 0.3 is 5.97 Å². The van der Waals surface area contributed by atoms with Gasteiger partial charge in [-0.1, -0.05) is 0 Å². The minimum absolute atomic E-state index is 0.107. The van der Waals surface area contributed by atoms with Crippen molar-refractivity contribution in [1.29, 1.82) is 0 Å². The highest BCUT2D eigenvalue weighted by atomic mass is 32.2. The van der Waals surface area contributed by atoms with Crippen molar-refractivity contribution < 1.29 is 18.3 Å². The Kier molecular flexibility index (Phi) is 3.51. The van der Waals surface area contributed by atoms with Gasteiger partial charge in [-0.25, -0.2) is 18.2 Å². The molecule has 18 heavy (non-hydrogen) atoms. The van der Waals surface area contributed by atoms with Crippen LogP contribution in [0.4, 0.5) is 5.82 Å². The standard InChI is InChI=1S/C11H14N2O4S/c14-11(15)8-3-4-10(12-6-8)13-9-2-1-5-18(16,17)7-9/h3-4,6,9H,1-2,5,7H2,(H,12,13)(H,14,15). The monoisotopic (exact) mass is 270 g/mol. The molecular formula is C11H14N2O4S. The van der Waals surface area contributed by atoms with E-state index in [0.717, 1.165) is 6.42 Å². The van der Waals surface area contributed by atoms with Crippen LogP contribution in [-0.2, 0) is 9.84 Å². The maximum Gasteiger partial charge on any atom is 0.337 e. The van der Waals surface area contributed by atoms with Crippen LogP contribution < -0.4 is 5.32 Å². The molecule has 0 bridgehead atoms. The predicted molar refractivity (Wildman–Crippen MR) is 66.5 cm³/mol. The molecule has 2 heterocycles. The molecule has 1 aromatic heterocycles. The van der Waals surface area contributed by atoms with Crippen LogP contribution in [-0.4, -0.2) is 42.0 Å². The van der Waals surface area contributed by atoms with Crippen molar-refractivity contribution in [2.24, 2.45) is 0 Å². The quantitative estimate of drug-likeness (QED) is 0.842. The maximum absolute atomic E-state index is 11.5. The fraction of sp³-hybridized carbons (Fsp3) is 0.455. The predicted octanol–water partition coefficient (Wildman–Crippen LogP) is 0.769. The van der Waals surface area contributed by atoms with Crippen molar-refractivity contribution in [2.45, 2.75) is 18.9 Å². The van der Waals surface area contributed by atoms with E-state index in [-0.39, 0.29) is 23.1 Å². The molecule has 1 fully saturated rings. The van der Waals surface area contributed by atoms with Gasteiger partial charge in [0.05, 0.1) is 17.1 Å². The molecule has 0 aliphatic carbocycles. The first-order valence-corrected chi connectivity index (χ1v) is 7.45. The first kappa shape index (κ1) is 12.8. The molecule has 1 aliphatic heterocycles. The van der Waals surface area contributed by atoms with Gasteiger partial charge in [0.2, 0.25) is 0 Å². The number of sulfone groups is 1. The van der Waals surface area contributed by atoms with E-state index in [1.54, 1.807) is 6.07 Å². The number of carboxylic acids is 1. The van der Waals surface area contributed by atoms with E-state index in [1.165, 1.54) is 12.3 Å². The van der Waals surface area contributed by atoms with Crippen molar-refractivity contribution in [3.8, 4) is 0 Å². The van der Waals surface area contributed by atoms with E-state index in [2.05, 4.69) is 10.3 Å². The summed E-state index contributed by atoms with van der Waals surface area (Å²) >= 11 is 0. The fourth-order valence-electron chi connectivity index (χ4n) is 1.95. The largest absolute Gasteiger partial charge is 0.478 e. The number of rotatable bonds is 3. The third kappa shape index (κ3) is 3.19. The number of carboxylic acid groups (broad SMARTS) is 1. The molecule has 0 spiro atoms. The van der Waals surface area contributed by atoms with Crippen LogP contribution in [0, 0.1) is 0 Å². The lowest BCUT2D eigenvalue weighted by Gasteiger charge is -2.23. The van der Waals surface area contributed by atoms with Crippen LogP contribution in [0.2, 0.25) is 0 Å². The number of anilines is 1. The van der Waals surface area contributed by atoms with Gasteiger partial charge in [0.25, 0.3) is 0 Å². The Morgan fingerprint density at radius 3 is 2.78 bits per heavy atom. The summed E-state index contributed by atoms with van der Waals surface area (Å²) in [6.45, 7) is 0. The van der Waals surface area contributed by atoms with Crippen LogP contribution in [0.15, 0.2) is 18.3 Å². The van der Waals surface area contributed by atoms with Crippen LogP contribution in [0.1, 0.15) is 23.2 Å². The zero-order chi connectivity index (χ0) is 13.2. The first-order valence-electron chi connectivity index (χ1n) is 5.62. The summed E-state index contributed by atoms with van der Waals surface area (Å²) in [7, 11) is -2.96. The maximum atomic E-state index is 11.5. The number of nitrogens with zero attached hydrogens (tertiary/aromatic N) is 1. The zero-order valence-corrected chi connectivity index (χ0v) is 10.5.